The number of rotatable bonds is 1. The third-order valence-electron chi connectivity index (χ3n) is 5.86. The van der Waals surface area contributed by atoms with Gasteiger partial charge in [-0.05, 0) is 45.8 Å². The molecule has 0 aromatic carbocycles. The van der Waals surface area contributed by atoms with Gasteiger partial charge in [0.15, 0.2) is 0 Å². The SMILES string of the molecule is Cc1noc(C)c1-c1cnc2c(c1)C[C@@]1(CN3CCC1CC3)O2. The van der Waals surface area contributed by atoms with Gasteiger partial charge < -0.3 is 9.26 Å². The fraction of sp³-hybridized carbons (Fsp3) is 0.556. The van der Waals surface area contributed by atoms with E-state index in [1.165, 1.54) is 31.5 Å². The molecule has 5 nitrogen and oxygen atoms in total. The van der Waals surface area contributed by atoms with Gasteiger partial charge in [0.1, 0.15) is 11.4 Å². The molecule has 4 aliphatic heterocycles. The van der Waals surface area contributed by atoms with Gasteiger partial charge in [-0.15, -0.1) is 0 Å². The van der Waals surface area contributed by atoms with Gasteiger partial charge in [0, 0.05) is 41.8 Å². The van der Waals surface area contributed by atoms with Crippen molar-refractivity contribution in [1.29, 1.82) is 0 Å². The predicted molar refractivity (Wildman–Crippen MR) is 85.4 cm³/mol. The van der Waals surface area contributed by atoms with Crippen LogP contribution >= 0.6 is 0 Å². The molecule has 3 saturated heterocycles. The Kier molecular flexibility index (Phi) is 2.69. The molecule has 0 saturated carbocycles. The fourth-order valence-electron chi connectivity index (χ4n) is 4.74. The maximum atomic E-state index is 6.41. The normalized spacial score (nSPS) is 31.4. The second-order valence-electron chi connectivity index (χ2n) is 7.28. The number of fused-ring (bicyclic) bond motifs is 3. The minimum atomic E-state index is -0.0385. The first-order valence-electron chi connectivity index (χ1n) is 8.48. The molecule has 0 unspecified atom stereocenters. The number of piperidine rings is 3. The van der Waals surface area contributed by atoms with Gasteiger partial charge in [-0.1, -0.05) is 5.16 Å². The van der Waals surface area contributed by atoms with Crippen LogP contribution in [0.2, 0.25) is 0 Å². The highest BCUT2D eigenvalue weighted by Gasteiger charge is 2.52. The van der Waals surface area contributed by atoms with Gasteiger partial charge in [-0.3, -0.25) is 4.90 Å². The Morgan fingerprint density at radius 1 is 1.26 bits per heavy atom. The molecule has 2 aromatic heterocycles. The number of hydrogen-bond donors (Lipinski definition) is 0. The molecule has 23 heavy (non-hydrogen) atoms. The molecule has 0 amide bonds. The summed E-state index contributed by atoms with van der Waals surface area (Å²) in [4.78, 5) is 7.16. The second kappa shape index (κ2) is 4.57. The van der Waals surface area contributed by atoms with E-state index in [2.05, 4.69) is 21.1 Å². The summed E-state index contributed by atoms with van der Waals surface area (Å²) < 4.78 is 11.7. The topological polar surface area (TPSA) is 51.4 Å². The second-order valence-corrected chi connectivity index (χ2v) is 7.28. The molecule has 0 aliphatic carbocycles. The van der Waals surface area contributed by atoms with Crippen LogP contribution in [0.3, 0.4) is 0 Å². The first kappa shape index (κ1) is 13.5. The van der Waals surface area contributed by atoms with E-state index < -0.39 is 0 Å². The third-order valence-corrected chi connectivity index (χ3v) is 5.86. The molecule has 4 aliphatic rings. The van der Waals surface area contributed by atoms with Gasteiger partial charge in [-0.2, -0.15) is 0 Å². The first-order chi connectivity index (χ1) is 11.1. The van der Waals surface area contributed by atoms with E-state index in [9.17, 15) is 0 Å². The zero-order valence-electron chi connectivity index (χ0n) is 13.6. The summed E-state index contributed by atoms with van der Waals surface area (Å²) in [5.41, 5.74) is 4.26. The predicted octanol–water partition coefficient (Wildman–Crippen LogP) is 2.75. The van der Waals surface area contributed by atoms with Crippen molar-refractivity contribution in [3.63, 3.8) is 0 Å². The Morgan fingerprint density at radius 3 is 2.74 bits per heavy atom. The average molecular weight is 311 g/mol. The van der Waals surface area contributed by atoms with Crippen molar-refractivity contribution in [2.75, 3.05) is 19.6 Å². The van der Waals surface area contributed by atoms with E-state index in [1.807, 2.05) is 20.0 Å². The number of aryl methyl sites for hydroxylation is 2. The van der Waals surface area contributed by atoms with Crippen LogP contribution in [-0.2, 0) is 6.42 Å². The molecule has 1 atom stereocenters. The van der Waals surface area contributed by atoms with E-state index in [1.54, 1.807) is 0 Å². The number of pyridine rings is 1. The van der Waals surface area contributed by atoms with E-state index in [0.29, 0.717) is 5.92 Å². The summed E-state index contributed by atoms with van der Waals surface area (Å²) in [6, 6.07) is 2.22. The first-order valence-corrected chi connectivity index (χ1v) is 8.48. The standard InChI is InChI=1S/C18H21N3O2/c1-11-16(12(2)23-20-11)14-7-13-8-18(22-17(13)19-9-14)10-21-5-3-15(18)4-6-21/h7,9,15H,3-6,8,10H2,1-2H3/t18-/m0/s1. The molecule has 120 valence electrons. The third kappa shape index (κ3) is 1.89. The molecule has 0 radical (unpaired) electrons. The van der Waals surface area contributed by atoms with Crippen molar-refractivity contribution in [2.45, 2.75) is 38.7 Å². The minimum absolute atomic E-state index is 0.0385. The summed E-state index contributed by atoms with van der Waals surface area (Å²) in [7, 11) is 0. The van der Waals surface area contributed by atoms with Crippen molar-refractivity contribution in [1.82, 2.24) is 15.0 Å². The number of hydrogen-bond acceptors (Lipinski definition) is 5. The smallest absolute Gasteiger partial charge is 0.217 e. The van der Waals surface area contributed by atoms with E-state index in [4.69, 9.17) is 9.26 Å². The van der Waals surface area contributed by atoms with Crippen molar-refractivity contribution < 1.29 is 9.26 Å². The maximum Gasteiger partial charge on any atom is 0.217 e. The molecule has 5 heteroatoms. The lowest BCUT2D eigenvalue weighted by molar-refractivity contribution is -0.0814. The van der Waals surface area contributed by atoms with Crippen LogP contribution in [0.1, 0.15) is 29.9 Å². The van der Waals surface area contributed by atoms with Gasteiger partial charge in [0.2, 0.25) is 5.88 Å². The van der Waals surface area contributed by atoms with E-state index >= 15 is 0 Å². The number of ether oxygens (including phenoxy) is 1. The van der Waals surface area contributed by atoms with E-state index in [-0.39, 0.29) is 5.60 Å². The van der Waals surface area contributed by atoms with Crippen LogP contribution < -0.4 is 4.74 Å². The maximum absolute atomic E-state index is 6.41. The summed E-state index contributed by atoms with van der Waals surface area (Å²) in [6.45, 7) is 7.43. The molecular formula is C18H21N3O2. The lowest BCUT2D eigenvalue weighted by Gasteiger charge is -2.50. The van der Waals surface area contributed by atoms with Crippen LogP contribution in [0, 0.1) is 19.8 Å². The molecule has 6 heterocycles. The van der Waals surface area contributed by atoms with Crippen molar-refractivity contribution in [3.05, 3.63) is 29.3 Å². The highest BCUT2D eigenvalue weighted by atomic mass is 16.5. The van der Waals surface area contributed by atoms with Crippen molar-refractivity contribution >= 4 is 0 Å². The zero-order valence-corrected chi connectivity index (χ0v) is 13.6. The van der Waals surface area contributed by atoms with Crippen molar-refractivity contribution in [3.8, 4) is 17.0 Å². The molecule has 2 bridgehead atoms. The fourth-order valence-corrected chi connectivity index (χ4v) is 4.74. The van der Waals surface area contributed by atoms with Gasteiger partial charge in [0.25, 0.3) is 0 Å². The lowest BCUT2D eigenvalue weighted by atomic mass is 9.73. The highest BCUT2D eigenvalue weighted by Crippen LogP contribution is 2.46. The summed E-state index contributed by atoms with van der Waals surface area (Å²) in [5.74, 6) is 2.35. The lowest BCUT2D eigenvalue weighted by Crippen LogP contribution is -2.61. The molecule has 6 rings (SSSR count). The van der Waals surface area contributed by atoms with Gasteiger partial charge in [0.05, 0.1) is 5.69 Å². The summed E-state index contributed by atoms with van der Waals surface area (Å²) in [5, 5.41) is 4.06. The Bertz CT molecular complexity index is 757. The van der Waals surface area contributed by atoms with Crippen LogP contribution in [0.25, 0.3) is 11.1 Å². The quantitative estimate of drug-likeness (QED) is 0.810. The molecule has 3 fully saturated rings. The minimum Gasteiger partial charge on any atom is -0.469 e. The van der Waals surface area contributed by atoms with Crippen LogP contribution in [0.4, 0.5) is 0 Å². The van der Waals surface area contributed by atoms with Crippen LogP contribution in [0.15, 0.2) is 16.8 Å². The molecule has 0 N–H and O–H groups in total. The summed E-state index contributed by atoms with van der Waals surface area (Å²) >= 11 is 0. The summed E-state index contributed by atoms with van der Waals surface area (Å²) in [6.07, 6.45) is 5.38. The Labute approximate surface area is 135 Å². The Hall–Kier alpha value is -1.88. The van der Waals surface area contributed by atoms with Crippen LogP contribution in [-0.4, -0.2) is 40.3 Å². The van der Waals surface area contributed by atoms with Gasteiger partial charge in [-0.25, -0.2) is 4.98 Å². The molecule has 1 spiro atoms. The van der Waals surface area contributed by atoms with E-state index in [0.717, 1.165) is 41.4 Å². The monoisotopic (exact) mass is 311 g/mol. The molecule has 2 aromatic rings. The van der Waals surface area contributed by atoms with Crippen molar-refractivity contribution in [2.24, 2.45) is 5.92 Å². The average Bonchev–Trinajstić information content (AvgIpc) is 3.07. The Balaban J connectivity index is 1.52. The Morgan fingerprint density at radius 2 is 2.09 bits per heavy atom. The number of aromatic nitrogens is 2. The molecular weight excluding hydrogens is 290 g/mol. The van der Waals surface area contributed by atoms with Crippen LogP contribution in [0.5, 0.6) is 5.88 Å². The highest BCUT2D eigenvalue weighted by molar-refractivity contribution is 5.68. The number of nitrogens with zero attached hydrogens (tertiary/aromatic N) is 3. The largest absolute Gasteiger partial charge is 0.469 e. The zero-order chi connectivity index (χ0) is 15.6. The van der Waals surface area contributed by atoms with Gasteiger partial charge >= 0.3 is 0 Å².